The van der Waals surface area contributed by atoms with Crippen LogP contribution < -0.4 is 5.32 Å². The van der Waals surface area contributed by atoms with E-state index in [2.05, 4.69) is 28.9 Å². The Bertz CT molecular complexity index is 743. The molecule has 0 bridgehead atoms. The van der Waals surface area contributed by atoms with Gasteiger partial charge in [0.05, 0.1) is 0 Å². The molecule has 1 N–H and O–H groups in total. The monoisotopic (exact) mass is 324 g/mol. The van der Waals surface area contributed by atoms with Crippen molar-refractivity contribution in [3.05, 3.63) is 83.3 Å². The molecule has 0 atom stereocenters. The number of hydrogen-bond acceptors (Lipinski definition) is 2. The molecule has 1 aliphatic rings. The summed E-state index contributed by atoms with van der Waals surface area (Å²) < 4.78 is 13.5. The highest BCUT2D eigenvalue weighted by atomic mass is 19.1. The van der Waals surface area contributed by atoms with E-state index in [1.807, 2.05) is 18.2 Å². The number of amides is 1. The van der Waals surface area contributed by atoms with Crippen LogP contribution in [0.5, 0.6) is 0 Å². The highest BCUT2D eigenvalue weighted by molar-refractivity contribution is 5.96. The van der Waals surface area contributed by atoms with Crippen LogP contribution in [-0.2, 0) is 13.0 Å². The fourth-order valence-corrected chi connectivity index (χ4v) is 2.95. The van der Waals surface area contributed by atoms with Gasteiger partial charge in [-0.1, -0.05) is 43.0 Å². The second-order valence-corrected chi connectivity index (χ2v) is 6.12. The van der Waals surface area contributed by atoms with E-state index in [9.17, 15) is 9.18 Å². The van der Waals surface area contributed by atoms with Crippen molar-refractivity contribution in [3.63, 3.8) is 0 Å². The fourth-order valence-electron chi connectivity index (χ4n) is 2.95. The summed E-state index contributed by atoms with van der Waals surface area (Å²) >= 11 is 0. The van der Waals surface area contributed by atoms with Crippen molar-refractivity contribution >= 4 is 5.91 Å². The van der Waals surface area contributed by atoms with Crippen molar-refractivity contribution in [2.24, 2.45) is 0 Å². The molecule has 3 rings (SSSR count). The van der Waals surface area contributed by atoms with Gasteiger partial charge in [-0.25, -0.2) is 4.39 Å². The predicted octanol–water partition coefficient (Wildman–Crippen LogP) is 3.52. The van der Waals surface area contributed by atoms with Crippen LogP contribution in [0.1, 0.15) is 27.9 Å². The van der Waals surface area contributed by atoms with E-state index < -0.39 is 5.82 Å². The molecular weight excluding hydrogens is 303 g/mol. The summed E-state index contributed by atoms with van der Waals surface area (Å²) in [6, 6.07) is 14.7. The van der Waals surface area contributed by atoms with Gasteiger partial charge in [0.2, 0.25) is 0 Å². The molecule has 0 saturated heterocycles. The molecule has 3 nitrogen and oxygen atoms in total. The van der Waals surface area contributed by atoms with Gasteiger partial charge in [0.25, 0.3) is 5.91 Å². The maximum atomic E-state index is 13.5. The maximum absolute atomic E-state index is 13.5. The summed E-state index contributed by atoms with van der Waals surface area (Å²) in [6.07, 6.45) is 1.39. The first-order valence-corrected chi connectivity index (χ1v) is 8.15. The van der Waals surface area contributed by atoms with Crippen LogP contribution in [0, 0.1) is 5.82 Å². The molecule has 0 aliphatic carbocycles. The van der Waals surface area contributed by atoms with Crippen molar-refractivity contribution in [1.82, 2.24) is 10.2 Å². The van der Waals surface area contributed by atoms with Crippen LogP contribution in [0.3, 0.4) is 0 Å². The van der Waals surface area contributed by atoms with E-state index in [1.165, 1.54) is 17.7 Å². The van der Waals surface area contributed by atoms with Gasteiger partial charge in [-0.2, -0.15) is 0 Å². The van der Waals surface area contributed by atoms with Crippen LogP contribution >= 0.6 is 0 Å². The molecule has 24 heavy (non-hydrogen) atoms. The van der Waals surface area contributed by atoms with Crippen molar-refractivity contribution in [2.75, 3.05) is 13.1 Å². The van der Waals surface area contributed by atoms with Crippen LogP contribution in [0.2, 0.25) is 0 Å². The van der Waals surface area contributed by atoms with Gasteiger partial charge in [-0.05, 0) is 36.1 Å². The van der Waals surface area contributed by atoms with Gasteiger partial charge in [0.1, 0.15) is 5.82 Å². The second-order valence-electron chi connectivity index (χ2n) is 6.12. The Hall–Kier alpha value is -2.46. The van der Waals surface area contributed by atoms with Gasteiger partial charge in [0, 0.05) is 30.9 Å². The van der Waals surface area contributed by atoms with Crippen LogP contribution in [0.25, 0.3) is 0 Å². The van der Waals surface area contributed by atoms with Crippen molar-refractivity contribution in [2.45, 2.75) is 19.4 Å². The zero-order valence-electron chi connectivity index (χ0n) is 13.6. The zero-order valence-corrected chi connectivity index (χ0v) is 13.6. The molecule has 124 valence electrons. The lowest BCUT2D eigenvalue weighted by Crippen LogP contribution is -2.32. The fraction of sp³-hybridized carbons (Fsp3) is 0.250. The average molecular weight is 324 g/mol. The highest BCUT2D eigenvalue weighted by Crippen LogP contribution is 2.16. The van der Waals surface area contributed by atoms with Gasteiger partial charge in [-0.3, -0.25) is 9.69 Å². The van der Waals surface area contributed by atoms with E-state index in [0.29, 0.717) is 24.1 Å². The zero-order chi connectivity index (χ0) is 16.9. The standard InChI is InChI=1S/C20H21FN2O/c1-15-9-11-23(14-16-5-3-2-4-6-16)12-10-17-7-8-18(21)13-19(17)20(24)22-15/h2-8,13H,1,9-12,14H2,(H,22,24). The number of benzene rings is 2. The SMILES string of the molecule is C=C1CCN(Cc2ccccc2)CCc2ccc(F)cc2C(=O)N1. The number of carbonyl (C=O) groups excluding carboxylic acids is 1. The Morgan fingerprint density at radius 1 is 1.08 bits per heavy atom. The molecular formula is C20H21FN2O. The lowest BCUT2D eigenvalue weighted by molar-refractivity contribution is 0.0961. The molecule has 1 heterocycles. The van der Waals surface area contributed by atoms with Crippen molar-refractivity contribution in [3.8, 4) is 0 Å². The van der Waals surface area contributed by atoms with Gasteiger partial charge in [0.15, 0.2) is 0 Å². The Kier molecular flexibility index (Phi) is 5.06. The third-order valence-electron chi connectivity index (χ3n) is 4.28. The minimum atomic E-state index is -0.396. The number of carbonyl (C=O) groups is 1. The molecule has 1 amide bonds. The van der Waals surface area contributed by atoms with Crippen LogP contribution in [0.4, 0.5) is 4.39 Å². The van der Waals surface area contributed by atoms with E-state index >= 15 is 0 Å². The predicted molar refractivity (Wildman–Crippen MR) is 93.0 cm³/mol. The van der Waals surface area contributed by atoms with Gasteiger partial charge >= 0.3 is 0 Å². The third-order valence-corrected chi connectivity index (χ3v) is 4.28. The minimum absolute atomic E-state index is 0.272. The molecule has 4 heteroatoms. The Labute approximate surface area is 141 Å². The van der Waals surface area contributed by atoms with Gasteiger partial charge in [-0.15, -0.1) is 0 Å². The van der Waals surface area contributed by atoms with Crippen LogP contribution in [0.15, 0.2) is 60.8 Å². The molecule has 0 fully saturated rings. The van der Waals surface area contributed by atoms with Gasteiger partial charge < -0.3 is 5.32 Å². The molecule has 0 spiro atoms. The number of nitrogens with zero attached hydrogens (tertiary/aromatic N) is 1. The van der Waals surface area contributed by atoms with E-state index in [1.54, 1.807) is 6.07 Å². The summed E-state index contributed by atoms with van der Waals surface area (Å²) in [5, 5.41) is 2.79. The molecule has 2 aromatic carbocycles. The highest BCUT2D eigenvalue weighted by Gasteiger charge is 2.17. The van der Waals surface area contributed by atoms with Crippen LogP contribution in [-0.4, -0.2) is 23.9 Å². The first-order chi connectivity index (χ1) is 11.6. The smallest absolute Gasteiger partial charge is 0.255 e. The lowest BCUT2D eigenvalue weighted by atomic mass is 10.0. The Morgan fingerprint density at radius 3 is 2.62 bits per heavy atom. The number of rotatable bonds is 2. The average Bonchev–Trinajstić information content (AvgIpc) is 2.58. The summed E-state index contributed by atoms with van der Waals surface area (Å²) in [5.74, 6) is -0.668. The van der Waals surface area contributed by atoms with E-state index in [0.717, 1.165) is 25.2 Å². The molecule has 0 saturated carbocycles. The minimum Gasteiger partial charge on any atom is -0.326 e. The summed E-state index contributed by atoms with van der Waals surface area (Å²) in [4.78, 5) is 14.6. The largest absolute Gasteiger partial charge is 0.326 e. The first kappa shape index (κ1) is 16.4. The lowest BCUT2D eigenvalue weighted by Gasteiger charge is -2.25. The number of nitrogens with one attached hydrogen (secondary N) is 1. The van der Waals surface area contributed by atoms with Crippen molar-refractivity contribution < 1.29 is 9.18 Å². The number of fused-ring (bicyclic) bond motifs is 1. The summed E-state index contributed by atoms with van der Waals surface area (Å²) in [6.45, 7) is 6.41. The van der Waals surface area contributed by atoms with E-state index in [4.69, 9.17) is 0 Å². The normalized spacial score (nSPS) is 16.4. The van der Waals surface area contributed by atoms with E-state index in [-0.39, 0.29) is 5.91 Å². The molecule has 1 aliphatic heterocycles. The quantitative estimate of drug-likeness (QED) is 0.917. The maximum Gasteiger partial charge on any atom is 0.255 e. The summed E-state index contributed by atoms with van der Waals surface area (Å²) in [7, 11) is 0. The Morgan fingerprint density at radius 2 is 1.83 bits per heavy atom. The first-order valence-electron chi connectivity index (χ1n) is 8.15. The molecule has 2 aromatic rings. The third kappa shape index (κ3) is 4.09. The molecule has 0 unspecified atom stereocenters. The number of hydrogen-bond donors (Lipinski definition) is 1. The Balaban J connectivity index is 1.82. The number of halogens is 1. The molecule has 0 radical (unpaired) electrons. The molecule has 0 aromatic heterocycles. The summed E-state index contributed by atoms with van der Waals surface area (Å²) in [5.41, 5.74) is 3.18. The van der Waals surface area contributed by atoms with Crippen molar-refractivity contribution in [1.29, 1.82) is 0 Å². The second kappa shape index (κ2) is 7.41. The topological polar surface area (TPSA) is 32.3 Å².